The van der Waals surface area contributed by atoms with Crippen LogP contribution >= 0.6 is 0 Å². The summed E-state index contributed by atoms with van der Waals surface area (Å²) in [4.78, 5) is 15.6. The zero-order valence-electron chi connectivity index (χ0n) is 18.9. The van der Waals surface area contributed by atoms with E-state index in [9.17, 15) is 9.18 Å². The minimum absolute atomic E-state index is 0.0521. The number of hydrogen-bond donors (Lipinski definition) is 1. The first-order valence-electron chi connectivity index (χ1n) is 11.3. The van der Waals surface area contributed by atoms with Crippen LogP contribution in [0.1, 0.15) is 23.2 Å². The smallest absolute Gasteiger partial charge is 0.256 e. The van der Waals surface area contributed by atoms with Crippen molar-refractivity contribution in [3.63, 3.8) is 0 Å². The zero-order chi connectivity index (χ0) is 23.5. The quantitative estimate of drug-likeness (QED) is 0.469. The van der Waals surface area contributed by atoms with Gasteiger partial charge in [-0.15, -0.1) is 0 Å². The highest BCUT2D eigenvalue weighted by Gasteiger charge is 2.25. The van der Waals surface area contributed by atoms with E-state index in [0.29, 0.717) is 11.4 Å². The Morgan fingerprint density at radius 3 is 2.41 bits per heavy atom. The van der Waals surface area contributed by atoms with Crippen LogP contribution in [0.3, 0.4) is 0 Å². The van der Waals surface area contributed by atoms with Crippen molar-refractivity contribution < 1.29 is 13.9 Å². The summed E-state index contributed by atoms with van der Waals surface area (Å²) in [6, 6.07) is 18.2. The molecule has 3 heterocycles. The van der Waals surface area contributed by atoms with Gasteiger partial charge in [-0.3, -0.25) is 4.79 Å². The van der Waals surface area contributed by atoms with Crippen LogP contribution in [-0.2, 0) is 0 Å². The summed E-state index contributed by atoms with van der Waals surface area (Å²) in [6.45, 7) is 1.69. The van der Waals surface area contributed by atoms with Crippen molar-refractivity contribution in [2.45, 2.75) is 18.9 Å². The molecule has 0 aliphatic carbocycles. The molecule has 2 aromatic carbocycles. The van der Waals surface area contributed by atoms with Gasteiger partial charge in [0.1, 0.15) is 22.8 Å². The molecule has 0 atom stereocenters. The summed E-state index contributed by atoms with van der Waals surface area (Å²) in [7, 11) is 1.66. The maximum absolute atomic E-state index is 14.5. The molecule has 0 spiro atoms. The van der Waals surface area contributed by atoms with Crippen molar-refractivity contribution in [1.29, 1.82) is 0 Å². The number of para-hydroxylation sites is 1. The fourth-order valence-electron chi connectivity index (χ4n) is 4.36. The van der Waals surface area contributed by atoms with Gasteiger partial charge in [-0.05, 0) is 61.4 Å². The number of carbonyl (C=O) groups excluding carboxylic acids is 1. The highest BCUT2D eigenvalue weighted by atomic mass is 19.1. The number of benzene rings is 2. The molecule has 1 fully saturated rings. The lowest BCUT2D eigenvalue weighted by Crippen LogP contribution is -2.44. The molecule has 1 N–H and O–H groups in total. The number of amides is 1. The fraction of sp³-hybridized carbons (Fsp3) is 0.231. The van der Waals surface area contributed by atoms with E-state index in [1.807, 2.05) is 36.7 Å². The number of rotatable bonds is 6. The number of ether oxygens (including phenoxy) is 1. The van der Waals surface area contributed by atoms with E-state index < -0.39 is 5.82 Å². The van der Waals surface area contributed by atoms with E-state index in [1.165, 1.54) is 16.9 Å². The van der Waals surface area contributed by atoms with Crippen molar-refractivity contribution in [3.05, 3.63) is 90.6 Å². The van der Waals surface area contributed by atoms with Gasteiger partial charge in [0.15, 0.2) is 5.82 Å². The topological polar surface area (TPSA) is 64.3 Å². The lowest BCUT2D eigenvalue weighted by atomic mass is 10.0. The summed E-state index contributed by atoms with van der Waals surface area (Å²) in [6.07, 6.45) is 6.80. The number of halogens is 1. The maximum Gasteiger partial charge on any atom is 0.256 e. The molecule has 1 saturated heterocycles. The average molecular weight is 460 g/mol. The largest absolute Gasteiger partial charge is 0.497 e. The van der Waals surface area contributed by atoms with E-state index in [1.54, 1.807) is 29.9 Å². The van der Waals surface area contributed by atoms with Crippen LogP contribution in [0, 0.1) is 5.82 Å². The number of hydrogen-bond acceptors (Lipinski definition) is 4. The predicted molar refractivity (Wildman–Crippen MR) is 129 cm³/mol. The zero-order valence-corrected chi connectivity index (χ0v) is 18.9. The van der Waals surface area contributed by atoms with Crippen LogP contribution in [0.15, 0.2) is 79.3 Å². The number of aromatic nitrogens is 3. The number of carbonyl (C=O) groups is 1. The molecule has 0 bridgehead atoms. The van der Waals surface area contributed by atoms with E-state index in [0.717, 1.165) is 37.4 Å². The molecule has 34 heavy (non-hydrogen) atoms. The number of anilines is 1. The van der Waals surface area contributed by atoms with Gasteiger partial charge in [-0.25, -0.2) is 9.07 Å². The first kappa shape index (κ1) is 21.8. The Hall–Kier alpha value is -4.07. The molecule has 2 aromatic heterocycles. The van der Waals surface area contributed by atoms with E-state index >= 15 is 0 Å². The normalized spacial score (nSPS) is 14.2. The van der Waals surface area contributed by atoms with Gasteiger partial charge in [0.2, 0.25) is 0 Å². The third-order valence-corrected chi connectivity index (χ3v) is 6.19. The van der Waals surface area contributed by atoms with Crippen molar-refractivity contribution in [1.82, 2.24) is 19.7 Å². The Labute approximate surface area is 197 Å². The van der Waals surface area contributed by atoms with Gasteiger partial charge in [0, 0.05) is 37.2 Å². The molecule has 1 amide bonds. The van der Waals surface area contributed by atoms with Gasteiger partial charge in [0.25, 0.3) is 5.91 Å². The SMILES string of the molecule is COc1ccc(N2CCC(NC(=O)c3cnn(-c4ccccc4F)c3-n3cccc3)CC2)cc1. The van der Waals surface area contributed by atoms with Gasteiger partial charge >= 0.3 is 0 Å². The predicted octanol–water partition coefficient (Wildman–Crippen LogP) is 4.21. The summed E-state index contributed by atoms with van der Waals surface area (Å²) in [5, 5.41) is 7.52. The third kappa shape index (κ3) is 4.26. The monoisotopic (exact) mass is 459 g/mol. The van der Waals surface area contributed by atoms with Gasteiger partial charge in [-0.1, -0.05) is 12.1 Å². The Morgan fingerprint density at radius 2 is 1.74 bits per heavy atom. The van der Waals surface area contributed by atoms with Crippen LogP contribution in [0.25, 0.3) is 11.5 Å². The minimum Gasteiger partial charge on any atom is -0.497 e. The maximum atomic E-state index is 14.5. The molecule has 0 radical (unpaired) electrons. The summed E-state index contributed by atoms with van der Waals surface area (Å²) >= 11 is 0. The Morgan fingerprint density at radius 1 is 1.03 bits per heavy atom. The van der Waals surface area contributed by atoms with Crippen molar-refractivity contribution >= 4 is 11.6 Å². The van der Waals surface area contributed by atoms with E-state index in [4.69, 9.17) is 4.74 Å². The lowest BCUT2D eigenvalue weighted by Gasteiger charge is -2.34. The Kier molecular flexibility index (Phi) is 6.03. The summed E-state index contributed by atoms with van der Waals surface area (Å²) in [5.41, 5.74) is 1.83. The molecule has 5 rings (SSSR count). The van der Waals surface area contributed by atoms with Gasteiger partial charge in [-0.2, -0.15) is 5.10 Å². The van der Waals surface area contributed by atoms with Crippen LogP contribution in [0.5, 0.6) is 5.75 Å². The molecule has 174 valence electrons. The van der Waals surface area contributed by atoms with Crippen LogP contribution in [0.4, 0.5) is 10.1 Å². The summed E-state index contributed by atoms with van der Waals surface area (Å²) in [5.74, 6) is 0.717. The fourth-order valence-corrected chi connectivity index (χ4v) is 4.36. The molecular weight excluding hydrogens is 433 g/mol. The van der Waals surface area contributed by atoms with Crippen LogP contribution < -0.4 is 15.0 Å². The molecule has 1 aliphatic heterocycles. The summed E-state index contributed by atoms with van der Waals surface area (Å²) < 4.78 is 23.0. The molecule has 4 aromatic rings. The second-order valence-electron chi connectivity index (χ2n) is 8.27. The second kappa shape index (κ2) is 9.43. The Balaban J connectivity index is 1.32. The molecular formula is C26H26FN5O2. The minimum atomic E-state index is -0.406. The lowest BCUT2D eigenvalue weighted by molar-refractivity contribution is 0.0931. The standard InChI is InChI=1S/C26H26FN5O2/c1-34-21-10-8-20(9-11-21)30-16-12-19(13-17-30)29-25(33)22-18-28-32(24-7-3-2-6-23(24)27)26(22)31-14-4-5-15-31/h2-11,14-15,18-19H,12-13,16-17H2,1H3,(H,29,33). The van der Waals surface area contributed by atoms with Crippen LogP contribution in [-0.4, -0.2) is 46.5 Å². The van der Waals surface area contributed by atoms with Crippen LogP contribution in [0.2, 0.25) is 0 Å². The highest BCUT2D eigenvalue weighted by Crippen LogP contribution is 2.25. The second-order valence-corrected chi connectivity index (χ2v) is 8.27. The third-order valence-electron chi connectivity index (χ3n) is 6.19. The number of nitrogens with one attached hydrogen (secondary N) is 1. The van der Waals surface area contributed by atoms with Crippen molar-refractivity contribution in [3.8, 4) is 17.3 Å². The number of piperidine rings is 1. The van der Waals surface area contributed by atoms with Crippen molar-refractivity contribution in [2.24, 2.45) is 0 Å². The highest BCUT2D eigenvalue weighted by molar-refractivity contribution is 5.97. The molecule has 7 nitrogen and oxygen atoms in total. The van der Waals surface area contributed by atoms with E-state index in [2.05, 4.69) is 27.4 Å². The average Bonchev–Trinajstić information content (AvgIpc) is 3.55. The van der Waals surface area contributed by atoms with Crippen molar-refractivity contribution in [2.75, 3.05) is 25.1 Å². The molecule has 0 saturated carbocycles. The van der Waals surface area contributed by atoms with Gasteiger partial charge in [0.05, 0.1) is 13.3 Å². The number of methoxy groups -OCH3 is 1. The first-order chi connectivity index (χ1) is 16.6. The van der Waals surface area contributed by atoms with Gasteiger partial charge < -0.3 is 19.5 Å². The van der Waals surface area contributed by atoms with E-state index in [-0.39, 0.29) is 17.6 Å². The first-order valence-corrected chi connectivity index (χ1v) is 11.3. The number of nitrogens with zero attached hydrogens (tertiary/aromatic N) is 4. The molecule has 0 unspecified atom stereocenters. The molecule has 1 aliphatic rings. The molecule has 8 heteroatoms. The Bertz CT molecular complexity index is 1260.